The molecule has 80 valence electrons. The van der Waals surface area contributed by atoms with Crippen LogP contribution in [0.4, 0.5) is 0 Å². The van der Waals surface area contributed by atoms with Crippen molar-refractivity contribution in [1.29, 1.82) is 0 Å². The number of hydrogen-bond acceptors (Lipinski definition) is 1. The first-order valence-corrected chi connectivity index (χ1v) is 6.08. The molecule has 1 aromatic carbocycles. The van der Waals surface area contributed by atoms with E-state index >= 15 is 0 Å². The van der Waals surface area contributed by atoms with E-state index in [0.717, 1.165) is 21.2 Å². The molecule has 2 rings (SSSR count). The van der Waals surface area contributed by atoms with Gasteiger partial charge in [-0.25, -0.2) is 0 Å². The van der Waals surface area contributed by atoms with Gasteiger partial charge in [-0.3, -0.25) is 4.79 Å². The third-order valence-electron chi connectivity index (χ3n) is 2.69. The molecule has 2 nitrogen and oxygen atoms in total. The number of carbonyl (C=O) groups is 1. The molecule has 0 unspecified atom stereocenters. The van der Waals surface area contributed by atoms with E-state index < -0.39 is 0 Å². The lowest BCUT2D eigenvalue weighted by Crippen LogP contribution is -2.41. The van der Waals surface area contributed by atoms with Gasteiger partial charge in [-0.1, -0.05) is 6.07 Å². The monoisotopic (exact) mass is 315 g/mol. The summed E-state index contributed by atoms with van der Waals surface area (Å²) in [6, 6.07) is 6.09. The van der Waals surface area contributed by atoms with Crippen LogP contribution >= 0.6 is 22.6 Å². The van der Waals surface area contributed by atoms with Crippen LogP contribution < -0.4 is 0 Å². The summed E-state index contributed by atoms with van der Waals surface area (Å²) in [7, 11) is 0. The zero-order valence-electron chi connectivity index (χ0n) is 9.17. The smallest absolute Gasteiger partial charge is 0.254 e. The molecule has 1 aromatic rings. The second kappa shape index (κ2) is 3.47. The molecule has 0 aliphatic carbocycles. The van der Waals surface area contributed by atoms with Gasteiger partial charge in [0, 0.05) is 21.2 Å². The predicted molar refractivity (Wildman–Crippen MR) is 68.8 cm³/mol. The molecule has 0 saturated heterocycles. The van der Waals surface area contributed by atoms with Gasteiger partial charge >= 0.3 is 0 Å². The maximum absolute atomic E-state index is 12.1. The van der Waals surface area contributed by atoms with Crippen molar-refractivity contribution in [1.82, 2.24) is 4.90 Å². The molecule has 0 fully saturated rings. The Kier molecular flexibility index (Phi) is 2.53. The van der Waals surface area contributed by atoms with Gasteiger partial charge in [-0.2, -0.15) is 0 Å². The lowest BCUT2D eigenvalue weighted by molar-refractivity contribution is 0.0609. The van der Waals surface area contributed by atoms with Crippen LogP contribution in [0.5, 0.6) is 0 Å². The first kappa shape index (κ1) is 10.9. The molecule has 0 bridgehead atoms. The topological polar surface area (TPSA) is 20.3 Å². The zero-order valence-corrected chi connectivity index (χ0v) is 11.3. The third kappa shape index (κ3) is 1.89. The van der Waals surface area contributed by atoms with Crippen molar-refractivity contribution in [3.05, 3.63) is 32.9 Å². The predicted octanol–water partition coefficient (Wildman–Crippen LogP) is 3.05. The Bertz CT molecular complexity index is 420. The van der Waals surface area contributed by atoms with Crippen LogP contribution in [0.3, 0.4) is 0 Å². The number of halogens is 1. The lowest BCUT2D eigenvalue weighted by atomic mass is 10.1. The van der Waals surface area contributed by atoms with Gasteiger partial charge < -0.3 is 4.90 Å². The SMILES string of the molecule is CC(C)(C)N1Cc2ccc(I)cc2C1=O. The molecule has 3 heteroatoms. The van der Waals surface area contributed by atoms with Gasteiger partial charge in [0.15, 0.2) is 0 Å². The fraction of sp³-hybridized carbons (Fsp3) is 0.417. The zero-order chi connectivity index (χ0) is 11.2. The first-order valence-electron chi connectivity index (χ1n) is 5.00. The fourth-order valence-corrected chi connectivity index (χ4v) is 2.31. The summed E-state index contributed by atoms with van der Waals surface area (Å²) in [5, 5.41) is 0. The Hall–Kier alpha value is -0.580. The average molecular weight is 315 g/mol. The number of rotatable bonds is 0. The second-order valence-electron chi connectivity index (χ2n) is 4.86. The number of benzene rings is 1. The van der Waals surface area contributed by atoms with Crippen LogP contribution in [0.15, 0.2) is 18.2 Å². The standard InChI is InChI=1S/C12H14INO/c1-12(2,3)14-7-8-4-5-9(13)6-10(8)11(14)15/h4-6H,7H2,1-3H3. The molecule has 0 saturated carbocycles. The first-order chi connectivity index (χ1) is 6.89. The van der Waals surface area contributed by atoms with E-state index in [1.807, 2.05) is 11.0 Å². The van der Waals surface area contributed by atoms with Crippen molar-refractivity contribution in [3.63, 3.8) is 0 Å². The van der Waals surface area contributed by atoms with Crippen LogP contribution in [0.1, 0.15) is 36.7 Å². The van der Waals surface area contributed by atoms with Crippen molar-refractivity contribution >= 4 is 28.5 Å². The highest BCUT2D eigenvalue weighted by molar-refractivity contribution is 14.1. The van der Waals surface area contributed by atoms with E-state index in [-0.39, 0.29) is 11.4 Å². The van der Waals surface area contributed by atoms with E-state index in [1.54, 1.807) is 0 Å². The molecule has 0 spiro atoms. The Labute approximate surface area is 104 Å². The molecule has 0 aromatic heterocycles. The molecular weight excluding hydrogens is 301 g/mol. The molecule has 0 radical (unpaired) electrons. The van der Waals surface area contributed by atoms with Gasteiger partial charge in [0.2, 0.25) is 0 Å². The maximum atomic E-state index is 12.1. The number of carbonyl (C=O) groups excluding carboxylic acids is 1. The van der Waals surface area contributed by atoms with Crippen LogP contribution in [0.2, 0.25) is 0 Å². The number of fused-ring (bicyclic) bond motifs is 1. The quantitative estimate of drug-likeness (QED) is 0.674. The minimum absolute atomic E-state index is 0.0957. The number of hydrogen-bond donors (Lipinski definition) is 0. The van der Waals surface area contributed by atoms with E-state index in [0.29, 0.717) is 0 Å². The second-order valence-corrected chi connectivity index (χ2v) is 6.11. The summed E-state index contributed by atoms with van der Waals surface area (Å²) >= 11 is 2.24. The number of amides is 1. The molecule has 1 amide bonds. The van der Waals surface area contributed by atoms with Crippen LogP contribution in [-0.2, 0) is 6.54 Å². The summed E-state index contributed by atoms with van der Waals surface area (Å²) in [5.74, 6) is 0.163. The normalized spacial score (nSPS) is 15.7. The van der Waals surface area contributed by atoms with E-state index in [1.165, 1.54) is 0 Å². The van der Waals surface area contributed by atoms with Gasteiger partial charge in [0.25, 0.3) is 5.91 Å². The van der Waals surface area contributed by atoms with E-state index in [4.69, 9.17) is 0 Å². The van der Waals surface area contributed by atoms with Crippen LogP contribution in [-0.4, -0.2) is 16.3 Å². The third-order valence-corrected chi connectivity index (χ3v) is 3.36. The van der Waals surface area contributed by atoms with Crippen molar-refractivity contribution < 1.29 is 4.79 Å². The van der Waals surface area contributed by atoms with Crippen molar-refractivity contribution in [2.75, 3.05) is 0 Å². The summed E-state index contributed by atoms with van der Waals surface area (Å²) < 4.78 is 1.12. The molecule has 1 aliphatic rings. The van der Waals surface area contributed by atoms with Crippen LogP contribution in [0.25, 0.3) is 0 Å². The molecule has 1 aliphatic heterocycles. The van der Waals surface area contributed by atoms with Gasteiger partial charge in [-0.15, -0.1) is 0 Å². The molecular formula is C12H14INO. The fourth-order valence-electron chi connectivity index (χ4n) is 1.81. The highest BCUT2D eigenvalue weighted by atomic mass is 127. The Balaban J connectivity index is 2.42. The lowest BCUT2D eigenvalue weighted by Gasteiger charge is -2.31. The molecule has 0 N–H and O–H groups in total. The highest BCUT2D eigenvalue weighted by Gasteiger charge is 2.34. The maximum Gasteiger partial charge on any atom is 0.254 e. The Morgan fingerprint density at radius 2 is 2.00 bits per heavy atom. The largest absolute Gasteiger partial charge is 0.329 e. The summed E-state index contributed by atoms with van der Waals surface area (Å²) in [6.45, 7) is 6.96. The summed E-state index contributed by atoms with van der Waals surface area (Å²) in [6.07, 6.45) is 0. The van der Waals surface area contributed by atoms with Crippen molar-refractivity contribution in [2.24, 2.45) is 0 Å². The van der Waals surface area contributed by atoms with Gasteiger partial charge in [0.05, 0.1) is 0 Å². The van der Waals surface area contributed by atoms with Gasteiger partial charge in [-0.05, 0) is 61.1 Å². The minimum atomic E-state index is -0.0957. The molecule has 15 heavy (non-hydrogen) atoms. The van der Waals surface area contributed by atoms with Crippen molar-refractivity contribution in [2.45, 2.75) is 32.9 Å². The minimum Gasteiger partial charge on any atom is -0.329 e. The Morgan fingerprint density at radius 1 is 1.33 bits per heavy atom. The van der Waals surface area contributed by atoms with E-state index in [9.17, 15) is 4.79 Å². The van der Waals surface area contributed by atoms with Gasteiger partial charge in [0.1, 0.15) is 0 Å². The average Bonchev–Trinajstić information content (AvgIpc) is 2.43. The van der Waals surface area contributed by atoms with E-state index in [2.05, 4.69) is 55.5 Å². The highest BCUT2D eigenvalue weighted by Crippen LogP contribution is 2.29. The molecule has 1 heterocycles. The van der Waals surface area contributed by atoms with Crippen molar-refractivity contribution in [3.8, 4) is 0 Å². The summed E-state index contributed by atoms with van der Waals surface area (Å²) in [5.41, 5.74) is 1.92. The summed E-state index contributed by atoms with van der Waals surface area (Å²) in [4.78, 5) is 14.0. The number of nitrogens with zero attached hydrogens (tertiary/aromatic N) is 1. The molecule has 0 atom stereocenters. The van der Waals surface area contributed by atoms with Crippen LogP contribution in [0, 0.1) is 3.57 Å². The Morgan fingerprint density at radius 3 is 2.60 bits per heavy atom.